The number of carbonyl (C=O) groups is 1. The minimum absolute atomic E-state index is 0.0203. The molecule has 2 aromatic rings. The van der Waals surface area contributed by atoms with Crippen LogP contribution in [0.1, 0.15) is 22.0 Å². The van der Waals surface area contributed by atoms with E-state index in [4.69, 9.17) is 11.6 Å². The van der Waals surface area contributed by atoms with Crippen LogP contribution in [-0.2, 0) is 0 Å². The van der Waals surface area contributed by atoms with Crippen molar-refractivity contribution in [1.29, 1.82) is 0 Å². The van der Waals surface area contributed by atoms with E-state index < -0.39 is 17.8 Å². The maximum Gasteiger partial charge on any atom is 0.254 e. The topological polar surface area (TPSA) is 49.3 Å². The molecule has 0 saturated carbocycles. The van der Waals surface area contributed by atoms with Gasteiger partial charge in [0.15, 0.2) is 0 Å². The molecule has 0 aliphatic rings. The molecule has 0 spiro atoms. The molecule has 20 heavy (non-hydrogen) atoms. The van der Waals surface area contributed by atoms with E-state index in [-0.39, 0.29) is 12.1 Å². The Kier molecular flexibility index (Phi) is 4.71. The molecule has 3 nitrogen and oxygen atoms in total. The Morgan fingerprint density at radius 1 is 1.25 bits per heavy atom. The molecule has 2 N–H and O–H groups in total. The first-order valence-corrected chi connectivity index (χ1v) is 6.42. The van der Waals surface area contributed by atoms with Crippen molar-refractivity contribution >= 4 is 17.5 Å². The second-order valence-electron chi connectivity index (χ2n) is 4.26. The van der Waals surface area contributed by atoms with Crippen LogP contribution in [-0.4, -0.2) is 17.6 Å². The zero-order chi connectivity index (χ0) is 14.5. The summed E-state index contributed by atoms with van der Waals surface area (Å²) >= 11 is 5.82. The fraction of sp³-hybridized carbons (Fsp3) is 0.133. The van der Waals surface area contributed by atoms with Crippen LogP contribution in [0.15, 0.2) is 48.5 Å². The monoisotopic (exact) mass is 293 g/mol. The van der Waals surface area contributed by atoms with Gasteiger partial charge in [-0.3, -0.25) is 4.79 Å². The summed E-state index contributed by atoms with van der Waals surface area (Å²) in [7, 11) is 0. The van der Waals surface area contributed by atoms with Crippen molar-refractivity contribution in [3.63, 3.8) is 0 Å². The van der Waals surface area contributed by atoms with Crippen molar-refractivity contribution in [2.75, 3.05) is 6.54 Å². The number of halogens is 2. The molecule has 1 atom stereocenters. The SMILES string of the molecule is O=C(NC[C@H](O)c1cccc(Cl)c1)c1ccccc1F. The number of amides is 1. The van der Waals surface area contributed by atoms with Crippen molar-refractivity contribution < 1.29 is 14.3 Å². The Bertz CT molecular complexity index is 618. The van der Waals surface area contributed by atoms with Gasteiger partial charge in [0.05, 0.1) is 11.7 Å². The van der Waals surface area contributed by atoms with E-state index in [9.17, 15) is 14.3 Å². The highest BCUT2D eigenvalue weighted by Gasteiger charge is 2.13. The van der Waals surface area contributed by atoms with Crippen LogP contribution >= 0.6 is 11.6 Å². The lowest BCUT2D eigenvalue weighted by Gasteiger charge is -2.12. The smallest absolute Gasteiger partial charge is 0.254 e. The molecule has 5 heteroatoms. The zero-order valence-electron chi connectivity index (χ0n) is 10.5. The number of hydrogen-bond donors (Lipinski definition) is 2. The molecular formula is C15H13ClFNO2. The van der Waals surface area contributed by atoms with Crippen molar-refractivity contribution in [2.45, 2.75) is 6.10 Å². The molecule has 1 amide bonds. The van der Waals surface area contributed by atoms with Crippen LogP contribution in [0, 0.1) is 5.82 Å². The summed E-state index contributed by atoms with van der Waals surface area (Å²) in [5, 5.41) is 12.9. The summed E-state index contributed by atoms with van der Waals surface area (Å²) in [5.74, 6) is -1.16. The van der Waals surface area contributed by atoms with Gasteiger partial charge in [-0.2, -0.15) is 0 Å². The van der Waals surface area contributed by atoms with Gasteiger partial charge in [0.1, 0.15) is 5.82 Å². The van der Waals surface area contributed by atoms with Gasteiger partial charge in [-0.15, -0.1) is 0 Å². The van der Waals surface area contributed by atoms with E-state index in [1.807, 2.05) is 0 Å². The number of nitrogens with one attached hydrogen (secondary N) is 1. The number of carbonyl (C=O) groups excluding carboxylic acids is 1. The Balaban J connectivity index is 1.99. The lowest BCUT2D eigenvalue weighted by Crippen LogP contribution is -2.29. The van der Waals surface area contributed by atoms with Crippen LogP contribution in [0.3, 0.4) is 0 Å². The van der Waals surface area contributed by atoms with Crippen molar-refractivity contribution in [1.82, 2.24) is 5.32 Å². The fourth-order valence-electron chi connectivity index (χ4n) is 1.76. The largest absolute Gasteiger partial charge is 0.387 e. The molecule has 0 radical (unpaired) electrons. The number of benzene rings is 2. The number of rotatable bonds is 4. The predicted octanol–water partition coefficient (Wildman–Crippen LogP) is 2.94. The quantitative estimate of drug-likeness (QED) is 0.910. The number of hydrogen-bond acceptors (Lipinski definition) is 2. The van der Waals surface area contributed by atoms with E-state index in [0.29, 0.717) is 10.6 Å². The number of aliphatic hydroxyl groups excluding tert-OH is 1. The molecule has 0 unspecified atom stereocenters. The first kappa shape index (κ1) is 14.5. The predicted molar refractivity (Wildman–Crippen MR) is 75.1 cm³/mol. The van der Waals surface area contributed by atoms with Gasteiger partial charge in [-0.25, -0.2) is 4.39 Å². The van der Waals surface area contributed by atoms with Gasteiger partial charge in [-0.1, -0.05) is 35.9 Å². The summed E-state index contributed by atoms with van der Waals surface area (Å²) in [6.45, 7) is -0.0203. The summed E-state index contributed by atoms with van der Waals surface area (Å²) in [5.41, 5.74) is 0.539. The van der Waals surface area contributed by atoms with Crippen LogP contribution in [0.25, 0.3) is 0 Å². The van der Waals surface area contributed by atoms with Gasteiger partial charge in [0.25, 0.3) is 5.91 Å². The van der Waals surface area contributed by atoms with Crippen molar-refractivity contribution in [3.05, 3.63) is 70.5 Å². The molecule has 0 aliphatic carbocycles. The van der Waals surface area contributed by atoms with Gasteiger partial charge < -0.3 is 10.4 Å². The van der Waals surface area contributed by atoms with Crippen molar-refractivity contribution in [2.24, 2.45) is 0 Å². The van der Waals surface area contributed by atoms with Crippen LogP contribution in [0.2, 0.25) is 5.02 Å². The third-order valence-electron chi connectivity index (χ3n) is 2.81. The highest BCUT2D eigenvalue weighted by molar-refractivity contribution is 6.30. The Morgan fingerprint density at radius 3 is 2.70 bits per heavy atom. The minimum Gasteiger partial charge on any atom is -0.387 e. The molecule has 2 aromatic carbocycles. The van der Waals surface area contributed by atoms with E-state index in [1.165, 1.54) is 18.2 Å². The summed E-state index contributed by atoms with van der Waals surface area (Å²) in [6.07, 6.45) is -0.899. The van der Waals surface area contributed by atoms with Crippen molar-refractivity contribution in [3.8, 4) is 0 Å². The highest BCUT2D eigenvalue weighted by Crippen LogP contribution is 2.17. The van der Waals surface area contributed by atoms with Crippen LogP contribution in [0.4, 0.5) is 4.39 Å². The molecule has 104 valence electrons. The molecule has 0 aromatic heterocycles. The first-order valence-electron chi connectivity index (χ1n) is 6.04. The second kappa shape index (κ2) is 6.50. The highest BCUT2D eigenvalue weighted by atomic mass is 35.5. The Morgan fingerprint density at radius 2 is 2.00 bits per heavy atom. The lowest BCUT2D eigenvalue weighted by molar-refractivity contribution is 0.0912. The average molecular weight is 294 g/mol. The van der Waals surface area contributed by atoms with E-state index in [0.717, 1.165) is 0 Å². The minimum atomic E-state index is -0.899. The zero-order valence-corrected chi connectivity index (χ0v) is 11.3. The van der Waals surface area contributed by atoms with Crippen LogP contribution < -0.4 is 5.32 Å². The van der Waals surface area contributed by atoms with E-state index in [1.54, 1.807) is 30.3 Å². The number of aliphatic hydroxyl groups is 1. The van der Waals surface area contributed by atoms with E-state index in [2.05, 4.69) is 5.32 Å². The Labute approximate surface area is 121 Å². The molecule has 2 rings (SSSR count). The summed E-state index contributed by atoms with van der Waals surface area (Å²) in [6, 6.07) is 12.4. The summed E-state index contributed by atoms with van der Waals surface area (Å²) in [4.78, 5) is 11.8. The maximum absolute atomic E-state index is 13.4. The standard InChI is InChI=1S/C15H13ClFNO2/c16-11-5-3-4-10(8-11)14(19)9-18-15(20)12-6-1-2-7-13(12)17/h1-8,14,19H,9H2,(H,18,20)/t14-/m0/s1. The third kappa shape index (κ3) is 3.56. The van der Waals surface area contributed by atoms with Gasteiger partial charge in [-0.05, 0) is 29.8 Å². The maximum atomic E-state index is 13.4. The normalized spacial score (nSPS) is 11.9. The molecule has 0 heterocycles. The van der Waals surface area contributed by atoms with Gasteiger partial charge >= 0.3 is 0 Å². The van der Waals surface area contributed by atoms with Gasteiger partial charge in [0.2, 0.25) is 0 Å². The second-order valence-corrected chi connectivity index (χ2v) is 4.70. The third-order valence-corrected chi connectivity index (χ3v) is 3.04. The lowest BCUT2D eigenvalue weighted by atomic mass is 10.1. The molecule has 0 saturated heterocycles. The Hall–Kier alpha value is -1.91. The molecular weight excluding hydrogens is 281 g/mol. The first-order chi connectivity index (χ1) is 9.58. The average Bonchev–Trinajstić information content (AvgIpc) is 2.45. The van der Waals surface area contributed by atoms with Crippen LogP contribution in [0.5, 0.6) is 0 Å². The summed E-state index contributed by atoms with van der Waals surface area (Å²) < 4.78 is 13.4. The molecule has 0 aliphatic heterocycles. The fourth-order valence-corrected chi connectivity index (χ4v) is 1.96. The molecule has 0 fully saturated rings. The van der Waals surface area contributed by atoms with E-state index >= 15 is 0 Å². The van der Waals surface area contributed by atoms with Gasteiger partial charge in [0, 0.05) is 11.6 Å². The molecule has 0 bridgehead atoms.